The first kappa shape index (κ1) is 15.4. The third kappa shape index (κ3) is 1.89. The van der Waals surface area contributed by atoms with Gasteiger partial charge in [-0.3, -0.25) is 0 Å². The van der Waals surface area contributed by atoms with Crippen LogP contribution >= 0.6 is 0 Å². The largest absolute Gasteiger partial charge is 0.509 e. The van der Waals surface area contributed by atoms with E-state index in [0.29, 0.717) is 24.2 Å². The maximum Gasteiger partial charge on any atom is 0.129 e. The van der Waals surface area contributed by atoms with Crippen molar-refractivity contribution in [2.45, 2.75) is 44.3 Å². The van der Waals surface area contributed by atoms with Gasteiger partial charge in [0.05, 0.1) is 12.2 Å². The fraction of sp³-hybridized carbons (Fsp3) is 0.684. The molecule has 23 heavy (non-hydrogen) atoms. The molecule has 4 nitrogen and oxygen atoms in total. The first-order valence-electron chi connectivity index (χ1n) is 8.72. The molecule has 4 N–H and O–H groups in total. The maximum absolute atomic E-state index is 10.9. The van der Waals surface area contributed by atoms with E-state index in [9.17, 15) is 20.4 Å². The molecule has 0 radical (unpaired) electrons. The van der Waals surface area contributed by atoms with Gasteiger partial charge >= 0.3 is 0 Å². The lowest BCUT2D eigenvalue weighted by Crippen LogP contribution is -2.53. The Kier molecular flexibility index (Phi) is 3.32. The van der Waals surface area contributed by atoms with Crippen LogP contribution in [0.4, 0.5) is 0 Å². The molecule has 0 aromatic heterocycles. The summed E-state index contributed by atoms with van der Waals surface area (Å²) < 4.78 is 0. The Hall–Kier alpha value is -1.10. The highest BCUT2D eigenvalue weighted by Gasteiger charge is 2.61. The molecule has 1 unspecified atom stereocenters. The molecule has 4 rings (SSSR count). The number of aliphatic hydroxyl groups is 4. The maximum atomic E-state index is 10.9. The summed E-state index contributed by atoms with van der Waals surface area (Å²) in [5, 5.41) is 40.6. The van der Waals surface area contributed by atoms with Crippen molar-refractivity contribution >= 4 is 0 Å². The highest BCUT2D eigenvalue weighted by atomic mass is 16.3. The van der Waals surface area contributed by atoms with E-state index in [0.717, 1.165) is 24.8 Å². The minimum absolute atomic E-state index is 0.0822. The van der Waals surface area contributed by atoms with Crippen molar-refractivity contribution in [2.24, 2.45) is 29.1 Å². The monoisotopic (exact) mass is 318 g/mol. The van der Waals surface area contributed by atoms with Crippen molar-refractivity contribution in [3.8, 4) is 0 Å². The van der Waals surface area contributed by atoms with Gasteiger partial charge in [-0.1, -0.05) is 31.2 Å². The van der Waals surface area contributed by atoms with E-state index in [1.165, 1.54) is 0 Å². The molecule has 0 spiro atoms. The third-order valence-corrected chi connectivity index (χ3v) is 7.36. The molecular formula is C19H26O4. The van der Waals surface area contributed by atoms with Gasteiger partial charge in [0.15, 0.2) is 0 Å². The fourth-order valence-electron chi connectivity index (χ4n) is 5.84. The summed E-state index contributed by atoms with van der Waals surface area (Å²) in [5.74, 6) is 1.36. The molecule has 2 saturated carbocycles. The van der Waals surface area contributed by atoms with Crippen molar-refractivity contribution in [2.75, 3.05) is 6.61 Å². The molecule has 0 saturated heterocycles. The Morgan fingerprint density at radius 3 is 2.70 bits per heavy atom. The van der Waals surface area contributed by atoms with E-state index < -0.39 is 11.7 Å². The highest BCUT2D eigenvalue weighted by Crippen LogP contribution is 2.63. The van der Waals surface area contributed by atoms with Gasteiger partial charge in [0.2, 0.25) is 0 Å². The van der Waals surface area contributed by atoms with E-state index in [1.54, 1.807) is 6.08 Å². The Morgan fingerprint density at radius 1 is 1.17 bits per heavy atom. The Balaban J connectivity index is 1.72. The van der Waals surface area contributed by atoms with Gasteiger partial charge in [-0.05, 0) is 49.0 Å². The predicted octanol–water partition coefficient (Wildman–Crippen LogP) is 2.08. The van der Waals surface area contributed by atoms with E-state index in [4.69, 9.17) is 0 Å². The summed E-state index contributed by atoms with van der Waals surface area (Å²) in [5.41, 5.74) is -0.359. The number of rotatable bonds is 1. The van der Waals surface area contributed by atoms with Gasteiger partial charge < -0.3 is 20.4 Å². The van der Waals surface area contributed by atoms with Crippen LogP contribution in [0.2, 0.25) is 0 Å². The van der Waals surface area contributed by atoms with E-state index in [1.807, 2.05) is 12.2 Å². The molecule has 0 amide bonds. The summed E-state index contributed by atoms with van der Waals surface area (Å²) >= 11 is 0. The van der Waals surface area contributed by atoms with E-state index in [-0.39, 0.29) is 23.7 Å². The first-order valence-corrected chi connectivity index (χ1v) is 8.72. The standard InChI is InChI=1S/C19H26O4/c1-18-8-6-12-11-4-5-16(21)17(22)14(11)3-2-13(12)15(18)7-9-19(18,23)10-20/h2-5,11-13,15-16,20-23H,6-10H2,1H3/t11-,12-,13-,15+,16?,18+,19-/m1/s1. The van der Waals surface area contributed by atoms with Crippen LogP contribution in [-0.4, -0.2) is 38.7 Å². The van der Waals surface area contributed by atoms with Crippen molar-refractivity contribution in [3.63, 3.8) is 0 Å². The first-order chi connectivity index (χ1) is 10.9. The molecule has 0 aromatic rings. The molecule has 0 aromatic carbocycles. The van der Waals surface area contributed by atoms with Crippen molar-refractivity contribution in [3.05, 3.63) is 35.6 Å². The summed E-state index contributed by atoms with van der Waals surface area (Å²) in [7, 11) is 0. The predicted molar refractivity (Wildman–Crippen MR) is 86.5 cm³/mol. The van der Waals surface area contributed by atoms with Gasteiger partial charge in [-0.2, -0.15) is 0 Å². The van der Waals surface area contributed by atoms with Gasteiger partial charge in [0, 0.05) is 11.3 Å². The molecule has 0 bridgehead atoms. The quantitative estimate of drug-likeness (QED) is 0.558. The van der Waals surface area contributed by atoms with Gasteiger partial charge in [0.25, 0.3) is 0 Å². The lowest BCUT2D eigenvalue weighted by molar-refractivity contribution is -0.129. The van der Waals surface area contributed by atoms with Crippen LogP contribution in [0.15, 0.2) is 35.6 Å². The minimum atomic E-state index is -0.965. The Labute approximate surface area is 136 Å². The second kappa shape index (κ2) is 4.95. The average molecular weight is 318 g/mol. The van der Waals surface area contributed by atoms with Crippen LogP contribution in [0.5, 0.6) is 0 Å². The molecule has 2 fully saturated rings. The van der Waals surface area contributed by atoms with Crippen LogP contribution < -0.4 is 0 Å². The van der Waals surface area contributed by atoms with Gasteiger partial charge in [0.1, 0.15) is 11.9 Å². The molecule has 0 aliphatic heterocycles. The molecule has 4 heteroatoms. The normalized spacial score (nSPS) is 51.4. The van der Waals surface area contributed by atoms with Crippen molar-refractivity contribution < 1.29 is 20.4 Å². The smallest absolute Gasteiger partial charge is 0.129 e. The van der Waals surface area contributed by atoms with Crippen LogP contribution in [0.25, 0.3) is 0 Å². The zero-order valence-electron chi connectivity index (χ0n) is 13.5. The SMILES string of the molecule is C[C@]12CC[C@H]3[C@@H](C=CC4=C(O)C(O)C=C[C@@H]43)[C@@H]1CC[C@@]2(O)CO. The second-order valence-corrected chi connectivity index (χ2v) is 8.09. The van der Waals surface area contributed by atoms with Crippen LogP contribution in [0, 0.1) is 29.1 Å². The molecule has 4 aliphatic carbocycles. The molecular weight excluding hydrogens is 292 g/mol. The van der Waals surface area contributed by atoms with Gasteiger partial charge in [-0.15, -0.1) is 0 Å². The summed E-state index contributed by atoms with van der Waals surface area (Å²) in [6.45, 7) is 1.97. The molecule has 7 atom stereocenters. The van der Waals surface area contributed by atoms with Crippen molar-refractivity contribution in [1.82, 2.24) is 0 Å². The van der Waals surface area contributed by atoms with Crippen LogP contribution in [0.3, 0.4) is 0 Å². The summed E-state index contributed by atoms with van der Waals surface area (Å²) in [6, 6.07) is 0. The van der Waals surface area contributed by atoms with E-state index >= 15 is 0 Å². The number of allylic oxidation sites excluding steroid dienone is 4. The second-order valence-electron chi connectivity index (χ2n) is 8.09. The van der Waals surface area contributed by atoms with E-state index in [2.05, 4.69) is 13.0 Å². The summed E-state index contributed by atoms with van der Waals surface area (Å²) in [6.07, 6.45) is 10.4. The third-order valence-electron chi connectivity index (χ3n) is 7.36. The lowest BCUT2D eigenvalue weighted by Gasteiger charge is -2.53. The summed E-state index contributed by atoms with van der Waals surface area (Å²) in [4.78, 5) is 0. The number of aliphatic hydroxyl groups excluding tert-OH is 3. The zero-order valence-corrected chi connectivity index (χ0v) is 13.5. The van der Waals surface area contributed by atoms with Crippen LogP contribution in [-0.2, 0) is 0 Å². The number of hydrogen-bond donors (Lipinski definition) is 4. The average Bonchev–Trinajstić information content (AvgIpc) is 2.83. The highest BCUT2D eigenvalue weighted by molar-refractivity contribution is 5.40. The molecule has 4 aliphatic rings. The number of hydrogen-bond acceptors (Lipinski definition) is 4. The zero-order chi connectivity index (χ0) is 16.4. The fourth-order valence-corrected chi connectivity index (χ4v) is 5.84. The van der Waals surface area contributed by atoms with Gasteiger partial charge in [-0.25, -0.2) is 0 Å². The molecule has 0 heterocycles. The van der Waals surface area contributed by atoms with Crippen molar-refractivity contribution in [1.29, 1.82) is 0 Å². The Bertz CT molecular complexity index is 606. The van der Waals surface area contributed by atoms with Crippen LogP contribution in [0.1, 0.15) is 32.6 Å². The Morgan fingerprint density at radius 2 is 1.96 bits per heavy atom. The number of fused-ring (bicyclic) bond motifs is 5. The lowest BCUT2D eigenvalue weighted by atomic mass is 9.52. The minimum Gasteiger partial charge on any atom is -0.509 e. The molecule has 126 valence electrons. The topological polar surface area (TPSA) is 80.9 Å².